The normalized spacial score (nSPS) is 21.0. The molecule has 110 valence electrons. The molecule has 2 rings (SSSR count). The zero-order chi connectivity index (χ0) is 15.5. The lowest BCUT2D eigenvalue weighted by Gasteiger charge is -2.22. The third kappa shape index (κ3) is 2.91. The van der Waals surface area contributed by atoms with E-state index in [1.54, 1.807) is 30.3 Å². The van der Waals surface area contributed by atoms with Crippen molar-refractivity contribution in [1.82, 2.24) is 0 Å². The van der Waals surface area contributed by atoms with Crippen LogP contribution in [0.2, 0.25) is 0 Å². The number of carbonyl (C=O) groups excluding carboxylic acids is 1. The average molecular weight is 292 g/mol. The molecule has 21 heavy (non-hydrogen) atoms. The summed E-state index contributed by atoms with van der Waals surface area (Å²) in [6.07, 6.45) is 1.74. The van der Waals surface area contributed by atoms with Gasteiger partial charge < -0.3 is 10.1 Å². The zero-order valence-electron chi connectivity index (χ0n) is 11.2. The average Bonchev–Trinajstić information content (AvgIpc) is 2.48. The smallest absolute Gasteiger partial charge is 0.419 e. The number of amides is 1. The molecule has 1 aromatic rings. The van der Waals surface area contributed by atoms with Gasteiger partial charge in [-0.05, 0) is 24.3 Å². The van der Waals surface area contributed by atoms with Gasteiger partial charge in [0.05, 0.1) is 18.5 Å². The SMILES string of the molecule is COC1=CC=C(C(=O)Nc2ccccc2)CC1(F)[N+](=O)[O-]. The lowest BCUT2D eigenvalue weighted by Crippen LogP contribution is -2.39. The Balaban J connectivity index is 2.21. The maximum Gasteiger partial charge on any atom is 0.419 e. The molecule has 1 atom stereocenters. The first-order valence-electron chi connectivity index (χ1n) is 6.12. The molecule has 7 heteroatoms. The van der Waals surface area contributed by atoms with E-state index >= 15 is 0 Å². The molecule has 0 saturated carbocycles. The van der Waals surface area contributed by atoms with Gasteiger partial charge in [-0.2, -0.15) is 4.39 Å². The van der Waals surface area contributed by atoms with Crippen molar-refractivity contribution in [2.24, 2.45) is 0 Å². The number of hydrogen-bond acceptors (Lipinski definition) is 4. The summed E-state index contributed by atoms with van der Waals surface area (Å²) in [6.45, 7) is 0. The van der Waals surface area contributed by atoms with Gasteiger partial charge in [0.2, 0.25) is 5.76 Å². The molecular formula is C14H13FN2O4. The minimum absolute atomic E-state index is 0.0288. The number of alkyl halides is 1. The van der Waals surface area contributed by atoms with Gasteiger partial charge in [-0.25, -0.2) is 0 Å². The summed E-state index contributed by atoms with van der Waals surface area (Å²) in [7, 11) is 1.15. The largest absolute Gasteiger partial charge is 0.491 e. The molecule has 1 aliphatic carbocycles. The molecule has 1 unspecified atom stereocenters. The van der Waals surface area contributed by atoms with E-state index < -0.39 is 28.8 Å². The van der Waals surface area contributed by atoms with E-state index in [4.69, 9.17) is 0 Å². The molecule has 0 spiro atoms. The van der Waals surface area contributed by atoms with Crippen molar-refractivity contribution in [1.29, 1.82) is 0 Å². The molecule has 0 fully saturated rings. The Hall–Kier alpha value is -2.70. The Bertz CT molecular complexity index is 627. The number of anilines is 1. The van der Waals surface area contributed by atoms with Crippen LogP contribution < -0.4 is 5.32 Å². The summed E-state index contributed by atoms with van der Waals surface area (Å²) in [5.74, 6) is -3.94. The molecule has 0 saturated heterocycles. The molecule has 0 aromatic heterocycles. The second-order valence-electron chi connectivity index (χ2n) is 4.44. The fourth-order valence-electron chi connectivity index (χ4n) is 1.97. The van der Waals surface area contributed by atoms with Crippen LogP contribution in [0.1, 0.15) is 6.42 Å². The number of nitrogens with zero attached hydrogens (tertiary/aromatic N) is 1. The number of ether oxygens (including phenoxy) is 1. The Morgan fingerprint density at radius 2 is 2.05 bits per heavy atom. The molecule has 0 bridgehead atoms. The second kappa shape index (κ2) is 5.74. The maximum absolute atomic E-state index is 14.4. The molecule has 1 aromatic carbocycles. The number of rotatable bonds is 4. The molecule has 0 aliphatic heterocycles. The first kappa shape index (κ1) is 14.7. The highest BCUT2D eigenvalue weighted by Gasteiger charge is 2.52. The summed E-state index contributed by atoms with van der Waals surface area (Å²) < 4.78 is 19.1. The monoisotopic (exact) mass is 292 g/mol. The molecule has 1 N–H and O–H groups in total. The van der Waals surface area contributed by atoms with Crippen molar-refractivity contribution in [3.63, 3.8) is 0 Å². The van der Waals surface area contributed by atoms with Crippen LogP contribution in [0.25, 0.3) is 0 Å². The fraction of sp³-hybridized carbons (Fsp3) is 0.214. The van der Waals surface area contributed by atoms with Crippen molar-refractivity contribution in [3.05, 3.63) is 63.9 Å². The van der Waals surface area contributed by atoms with Gasteiger partial charge in [0, 0.05) is 11.3 Å². The van der Waals surface area contributed by atoms with Gasteiger partial charge >= 0.3 is 5.79 Å². The Morgan fingerprint density at radius 1 is 1.38 bits per heavy atom. The quantitative estimate of drug-likeness (QED) is 0.525. The number of methoxy groups -OCH3 is 1. The third-order valence-electron chi connectivity index (χ3n) is 3.07. The minimum atomic E-state index is -2.92. The van der Waals surface area contributed by atoms with E-state index in [-0.39, 0.29) is 5.57 Å². The second-order valence-corrected chi connectivity index (χ2v) is 4.44. The van der Waals surface area contributed by atoms with Gasteiger partial charge in [-0.3, -0.25) is 14.9 Å². The number of nitrogens with one attached hydrogen (secondary N) is 1. The lowest BCUT2D eigenvalue weighted by molar-refractivity contribution is -0.597. The van der Waals surface area contributed by atoms with Crippen molar-refractivity contribution in [3.8, 4) is 0 Å². The zero-order valence-corrected chi connectivity index (χ0v) is 11.2. The summed E-state index contributed by atoms with van der Waals surface area (Å²) in [5, 5.41) is 13.5. The molecule has 1 aliphatic rings. The highest BCUT2D eigenvalue weighted by atomic mass is 19.1. The van der Waals surface area contributed by atoms with Crippen LogP contribution in [0.5, 0.6) is 0 Å². The summed E-state index contributed by atoms with van der Waals surface area (Å²) in [5.41, 5.74) is 0.495. The fourth-order valence-corrected chi connectivity index (χ4v) is 1.97. The highest BCUT2D eigenvalue weighted by Crippen LogP contribution is 2.34. The van der Waals surface area contributed by atoms with Gasteiger partial charge in [-0.15, -0.1) is 0 Å². The highest BCUT2D eigenvalue weighted by molar-refractivity contribution is 6.04. The van der Waals surface area contributed by atoms with E-state index in [1.807, 2.05) is 0 Å². The molecular weight excluding hydrogens is 279 g/mol. The summed E-state index contributed by atoms with van der Waals surface area (Å²) >= 11 is 0. The van der Waals surface area contributed by atoms with Crippen molar-refractivity contribution in [2.45, 2.75) is 12.2 Å². The first-order valence-corrected chi connectivity index (χ1v) is 6.12. The van der Waals surface area contributed by atoms with E-state index in [0.29, 0.717) is 5.69 Å². The van der Waals surface area contributed by atoms with E-state index in [9.17, 15) is 19.3 Å². The number of carbonyl (C=O) groups is 1. The topological polar surface area (TPSA) is 81.5 Å². The Morgan fingerprint density at radius 3 is 2.62 bits per heavy atom. The lowest BCUT2D eigenvalue weighted by atomic mass is 9.96. The van der Waals surface area contributed by atoms with Crippen LogP contribution in [0.4, 0.5) is 10.1 Å². The molecule has 0 heterocycles. The van der Waals surface area contributed by atoms with Crippen LogP contribution in [0.15, 0.2) is 53.8 Å². The summed E-state index contributed by atoms with van der Waals surface area (Å²) in [6, 6.07) is 8.55. The van der Waals surface area contributed by atoms with E-state index in [0.717, 1.165) is 13.2 Å². The standard InChI is InChI=1S/C14H13FN2O4/c1-21-12-8-7-10(9-14(12,15)17(19)20)13(18)16-11-5-3-2-4-6-11/h2-8H,9H2,1H3,(H,16,18). The van der Waals surface area contributed by atoms with Gasteiger partial charge in [-0.1, -0.05) is 18.2 Å². The number of para-hydroxylation sites is 1. The number of hydrogen-bond donors (Lipinski definition) is 1. The van der Waals surface area contributed by atoms with Crippen LogP contribution in [-0.4, -0.2) is 23.7 Å². The first-order chi connectivity index (χ1) is 9.97. The Kier molecular flexibility index (Phi) is 4.02. The van der Waals surface area contributed by atoms with Crippen molar-refractivity contribution in [2.75, 3.05) is 12.4 Å². The van der Waals surface area contributed by atoms with E-state index in [1.165, 1.54) is 6.08 Å². The minimum Gasteiger partial charge on any atom is -0.491 e. The summed E-state index contributed by atoms with van der Waals surface area (Å²) in [4.78, 5) is 21.9. The van der Waals surface area contributed by atoms with Crippen LogP contribution in [-0.2, 0) is 9.53 Å². The number of benzene rings is 1. The predicted octanol–water partition coefficient (Wildman–Crippen LogP) is 2.43. The number of nitro groups is 1. The molecule has 0 radical (unpaired) electrons. The van der Waals surface area contributed by atoms with Gasteiger partial charge in [0.1, 0.15) is 0 Å². The van der Waals surface area contributed by atoms with Crippen molar-refractivity contribution >= 4 is 11.6 Å². The van der Waals surface area contributed by atoms with Gasteiger partial charge in [0.25, 0.3) is 5.91 Å². The molecule has 1 amide bonds. The van der Waals surface area contributed by atoms with E-state index in [2.05, 4.69) is 10.1 Å². The van der Waals surface area contributed by atoms with Crippen LogP contribution in [0, 0.1) is 10.1 Å². The predicted molar refractivity (Wildman–Crippen MR) is 73.7 cm³/mol. The van der Waals surface area contributed by atoms with Crippen molar-refractivity contribution < 1.29 is 18.8 Å². The maximum atomic E-state index is 14.4. The third-order valence-corrected chi connectivity index (χ3v) is 3.07. The van der Waals surface area contributed by atoms with Gasteiger partial charge in [0.15, 0.2) is 0 Å². The molecule has 6 nitrogen and oxygen atoms in total. The number of halogens is 1. The number of allylic oxidation sites excluding steroid dienone is 2. The van der Waals surface area contributed by atoms with Crippen LogP contribution >= 0.6 is 0 Å². The van der Waals surface area contributed by atoms with Crippen LogP contribution in [0.3, 0.4) is 0 Å². The Labute approximate surface area is 120 Å².